The molecule has 0 aliphatic heterocycles. The van der Waals surface area contributed by atoms with Gasteiger partial charge in [0.05, 0.1) is 12.4 Å². The molecule has 20 heavy (non-hydrogen) atoms. The van der Waals surface area contributed by atoms with Crippen LogP contribution < -0.4 is 0 Å². The van der Waals surface area contributed by atoms with E-state index in [1.165, 1.54) is 11.8 Å². The normalized spacial score (nSPS) is 11.0. The van der Waals surface area contributed by atoms with Crippen LogP contribution in [0.15, 0.2) is 5.16 Å². The lowest BCUT2D eigenvalue weighted by molar-refractivity contribution is -0.141. The maximum absolute atomic E-state index is 11.5. The van der Waals surface area contributed by atoms with Crippen LogP contribution in [-0.2, 0) is 14.3 Å². The smallest absolute Gasteiger partial charge is 0.316 e. The van der Waals surface area contributed by atoms with Gasteiger partial charge < -0.3 is 9.47 Å². The van der Waals surface area contributed by atoms with Crippen LogP contribution in [-0.4, -0.2) is 46.7 Å². The Morgan fingerprint density at radius 2 is 2.15 bits per heavy atom. The average Bonchev–Trinajstić information content (AvgIpc) is 2.89. The van der Waals surface area contributed by atoms with Crippen LogP contribution in [0.2, 0.25) is 0 Å². The average molecular weight is 301 g/mol. The van der Waals surface area contributed by atoms with Gasteiger partial charge in [-0.05, 0) is 6.42 Å². The molecule has 6 nitrogen and oxygen atoms in total. The molecular weight excluding hydrogens is 278 g/mol. The number of thioether (sulfide) groups is 1. The van der Waals surface area contributed by atoms with Crippen molar-refractivity contribution in [3.8, 4) is 0 Å². The molecule has 0 atom stereocenters. The zero-order valence-electron chi connectivity index (χ0n) is 12.3. The van der Waals surface area contributed by atoms with Crippen LogP contribution in [0.4, 0.5) is 0 Å². The predicted octanol–water partition coefficient (Wildman–Crippen LogP) is 2.38. The SMILES string of the molecule is CCCCOCCOC(=O)CSc1n[nH]c(C(C)C)n1. The van der Waals surface area contributed by atoms with Crippen LogP contribution in [0.1, 0.15) is 45.4 Å². The number of ether oxygens (including phenoxy) is 2. The Bertz CT molecular complexity index is 396. The van der Waals surface area contributed by atoms with E-state index in [1.54, 1.807) is 0 Å². The lowest BCUT2D eigenvalue weighted by Gasteiger charge is -2.04. The van der Waals surface area contributed by atoms with Crippen molar-refractivity contribution in [1.29, 1.82) is 0 Å². The molecule has 1 aromatic heterocycles. The molecule has 0 radical (unpaired) electrons. The molecule has 1 rings (SSSR count). The Labute approximate surface area is 124 Å². The van der Waals surface area contributed by atoms with E-state index in [2.05, 4.69) is 22.1 Å². The van der Waals surface area contributed by atoms with E-state index in [0.717, 1.165) is 25.3 Å². The highest BCUT2D eigenvalue weighted by molar-refractivity contribution is 7.99. The quantitative estimate of drug-likeness (QED) is 0.406. The summed E-state index contributed by atoms with van der Waals surface area (Å²) in [6, 6.07) is 0. The molecule has 0 fully saturated rings. The third-order valence-corrected chi connectivity index (χ3v) is 3.30. The summed E-state index contributed by atoms with van der Waals surface area (Å²) in [4.78, 5) is 15.8. The summed E-state index contributed by atoms with van der Waals surface area (Å²) < 4.78 is 10.4. The highest BCUT2D eigenvalue weighted by Crippen LogP contribution is 2.15. The van der Waals surface area contributed by atoms with Crippen LogP contribution in [0.5, 0.6) is 0 Å². The number of hydrogen-bond acceptors (Lipinski definition) is 6. The summed E-state index contributed by atoms with van der Waals surface area (Å²) in [5.41, 5.74) is 0. The molecule has 7 heteroatoms. The fourth-order valence-corrected chi connectivity index (χ4v) is 1.91. The topological polar surface area (TPSA) is 77.1 Å². The lowest BCUT2D eigenvalue weighted by Crippen LogP contribution is -2.12. The van der Waals surface area contributed by atoms with Crippen molar-refractivity contribution in [3.63, 3.8) is 0 Å². The number of nitrogens with zero attached hydrogens (tertiary/aromatic N) is 2. The maximum Gasteiger partial charge on any atom is 0.316 e. The number of unbranched alkanes of at least 4 members (excludes halogenated alkanes) is 1. The molecular formula is C13H23N3O3S. The van der Waals surface area contributed by atoms with E-state index in [9.17, 15) is 4.79 Å². The van der Waals surface area contributed by atoms with Gasteiger partial charge in [-0.3, -0.25) is 9.89 Å². The van der Waals surface area contributed by atoms with E-state index in [1.807, 2.05) is 13.8 Å². The second-order valence-corrected chi connectivity index (χ2v) is 5.58. The number of carbonyl (C=O) groups is 1. The molecule has 0 spiro atoms. The van der Waals surface area contributed by atoms with Gasteiger partial charge >= 0.3 is 5.97 Å². The first kappa shape index (κ1) is 17.0. The molecule has 0 aliphatic rings. The van der Waals surface area contributed by atoms with Gasteiger partial charge in [0, 0.05) is 12.5 Å². The predicted molar refractivity (Wildman–Crippen MR) is 77.9 cm³/mol. The van der Waals surface area contributed by atoms with Crippen molar-refractivity contribution in [1.82, 2.24) is 15.2 Å². The fraction of sp³-hybridized carbons (Fsp3) is 0.769. The Balaban J connectivity index is 2.10. The first-order valence-corrected chi connectivity index (χ1v) is 7.90. The van der Waals surface area contributed by atoms with E-state index < -0.39 is 0 Å². The summed E-state index contributed by atoms with van der Waals surface area (Å²) >= 11 is 1.27. The van der Waals surface area contributed by atoms with Gasteiger partial charge in [-0.15, -0.1) is 5.10 Å². The number of aromatic amines is 1. The molecule has 1 N–H and O–H groups in total. The number of rotatable bonds is 10. The van der Waals surface area contributed by atoms with Crippen molar-refractivity contribution >= 4 is 17.7 Å². The fourth-order valence-electron chi connectivity index (χ4n) is 1.31. The monoisotopic (exact) mass is 301 g/mol. The van der Waals surface area contributed by atoms with Crippen molar-refractivity contribution < 1.29 is 14.3 Å². The van der Waals surface area contributed by atoms with Crippen LogP contribution in [0.25, 0.3) is 0 Å². The standard InChI is InChI=1S/C13H23N3O3S/c1-4-5-6-18-7-8-19-11(17)9-20-13-14-12(10(2)3)15-16-13/h10H,4-9H2,1-3H3,(H,14,15,16). The van der Waals surface area contributed by atoms with Crippen molar-refractivity contribution in [2.75, 3.05) is 25.6 Å². The van der Waals surface area contributed by atoms with E-state index in [0.29, 0.717) is 24.3 Å². The third-order valence-electron chi connectivity index (χ3n) is 2.48. The van der Waals surface area contributed by atoms with Gasteiger partial charge in [-0.25, -0.2) is 4.98 Å². The number of H-pyrrole nitrogens is 1. The summed E-state index contributed by atoms with van der Waals surface area (Å²) in [5, 5.41) is 7.45. The van der Waals surface area contributed by atoms with Crippen molar-refractivity contribution in [2.45, 2.75) is 44.7 Å². The Morgan fingerprint density at radius 1 is 1.35 bits per heavy atom. The van der Waals surface area contributed by atoms with E-state index in [4.69, 9.17) is 9.47 Å². The minimum Gasteiger partial charge on any atom is -0.463 e. The highest BCUT2D eigenvalue weighted by atomic mass is 32.2. The molecule has 0 bridgehead atoms. The number of hydrogen-bond donors (Lipinski definition) is 1. The Morgan fingerprint density at radius 3 is 2.80 bits per heavy atom. The zero-order valence-corrected chi connectivity index (χ0v) is 13.2. The van der Waals surface area contributed by atoms with Crippen LogP contribution in [0.3, 0.4) is 0 Å². The van der Waals surface area contributed by atoms with Gasteiger partial charge in [0.15, 0.2) is 0 Å². The van der Waals surface area contributed by atoms with Gasteiger partial charge in [0.2, 0.25) is 5.16 Å². The second-order valence-electron chi connectivity index (χ2n) is 4.63. The van der Waals surface area contributed by atoms with E-state index in [-0.39, 0.29) is 11.7 Å². The number of aromatic nitrogens is 3. The zero-order chi connectivity index (χ0) is 14.8. The molecule has 0 aliphatic carbocycles. The maximum atomic E-state index is 11.5. The minimum atomic E-state index is -0.273. The van der Waals surface area contributed by atoms with Gasteiger partial charge in [-0.1, -0.05) is 39.0 Å². The van der Waals surface area contributed by atoms with Gasteiger partial charge in [0.25, 0.3) is 0 Å². The van der Waals surface area contributed by atoms with Gasteiger partial charge in [0.1, 0.15) is 12.4 Å². The molecule has 0 unspecified atom stereocenters. The molecule has 114 valence electrons. The molecule has 1 aromatic rings. The van der Waals surface area contributed by atoms with Crippen molar-refractivity contribution in [2.24, 2.45) is 0 Å². The minimum absolute atomic E-state index is 0.213. The van der Waals surface area contributed by atoms with Crippen molar-refractivity contribution in [3.05, 3.63) is 5.82 Å². The largest absolute Gasteiger partial charge is 0.463 e. The highest BCUT2D eigenvalue weighted by Gasteiger charge is 2.10. The summed E-state index contributed by atoms with van der Waals surface area (Å²) in [5.74, 6) is 1.06. The number of nitrogens with one attached hydrogen (secondary N) is 1. The summed E-state index contributed by atoms with van der Waals surface area (Å²) in [6.07, 6.45) is 2.14. The molecule has 0 aromatic carbocycles. The third kappa shape index (κ3) is 6.91. The summed E-state index contributed by atoms with van der Waals surface area (Å²) in [7, 11) is 0. The first-order chi connectivity index (χ1) is 9.63. The van der Waals surface area contributed by atoms with Crippen LogP contribution in [0, 0.1) is 0 Å². The second kappa shape index (κ2) is 9.77. The molecule has 0 saturated heterocycles. The lowest BCUT2D eigenvalue weighted by atomic mass is 10.2. The van der Waals surface area contributed by atoms with E-state index >= 15 is 0 Å². The summed E-state index contributed by atoms with van der Waals surface area (Å²) in [6.45, 7) is 7.64. The number of carbonyl (C=O) groups excluding carboxylic acids is 1. The van der Waals surface area contributed by atoms with Crippen LogP contribution >= 0.6 is 11.8 Å². The molecule has 1 heterocycles. The molecule has 0 saturated carbocycles. The Hall–Kier alpha value is -1.08. The molecule has 0 amide bonds. The van der Waals surface area contributed by atoms with Gasteiger partial charge in [-0.2, -0.15) is 0 Å². The number of esters is 1. The first-order valence-electron chi connectivity index (χ1n) is 6.92. The Kier molecular flexibility index (Phi) is 8.29.